The Morgan fingerprint density at radius 3 is 1.93 bits per heavy atom. The van der Waals surface area contributed by atoms with Gasteiger partial charge in [0.05, 0.1) is 12.3 Å². The average Bonchev–Trinajstić information content (AvgIpc) is 3.07. The molecule has 0 unspecified atom stereocenters. The molecule has 0 atom stereocenters. The first-order valence-electron chi connectivity index (χ1n) is 9.91. The third-order valence-electron chi connectivity index (χ3n) is 4.82. The van der Waals surface area contributed by atoms with Crippen molar-refractivity contribution < 1.29 is 14.7 Å². The monoisotopic (exact) mass is 409 g/mol. The van der Waals surface area contributed by atoms with Gasteiger partial charge < -0.3 is 5.11 Å². The van der Waals surface area contributed by atoms with Crippen LogP contribution >= 0.6 is 0 Å². The molecule has 0 aliphatic heterocycles. The summed E-state index contributed by atoms with van der Waals surface area (Å²) in [6, 6.07) is 3.10. The first kappa shape index (κ1) is 23.4. The number of allylic oxidation sites excluding steroid dienone is 4. The van der Waals surface area contributed by atoms with Crippen molar-refractivity contribution in [1.82, 2.24) is 15.0 Å². The van der Waals surface area contributed by atoms with Crippen LogP contribution in [0.3, 0.4) is 0 Å². The van der Waals surface area contributed by atoms with E-state index in [0.29, 0.717) is 29.3 Å². The molecule has 0 radical (unpaired) electrons. The molecule has 0 amide bonds. The fourth-order valence-electron chi connectivity index (χ4n) is 3.74. The van der Waals surface area contributed by atoms with Crippen LogP contribution in [0.4, 0.5) is 0 Å². The Labute approximate surface area is 178 Å². The third kappa shape index (κ3) is 5.60. The number of aldehydes is 2. The number of rotatable bonds is 8. The van der Waals surface area contributed by atoms with Crippen LogP contribution in [-0.4, -0.2) is 39.3 Å². The molecule has 2 aromatic rings. The maximum absolute atomic E-state index is 11.2. The predicted octanol–water partition coefficient (Wildman–Crippen LogP) is 4.85. The topological polar surface area (TPSA) is 85.1 Å². The van der Waals surface area contributed by atoms with Crippen LogP contribution in [0.15, 0.2) is 42.0 Å². The molecule has 160 valence electrons. The predicted molar refractivity (Wildman–Crippen MR) is 120 cm³/mol. The minimum absolute atomic E-state index is 0.0255. The van der Waals surface area contributed by atoms with Crippen LogP contribution in [0.2, 0.25) is 0 Å². The first-order chi connectivity index (χ1) is 13.9. The second-order valence-corrected chi connectivity index (χ2v) is 9.56. The second kappa shape index (κ2) is 8.88. The summed E-state index contributed by atoms with van der Waals surface area (Å²) in [5.74, 6) is 0. The smallest absolute Gasteiger partial charge is 0.150 e. The highest BCUT2D eigenvalue weighted by Gasteiger charge is 2.28. The van der Waals surface area contributed by atoms with Crippen LogP contribution in [0.5, 0.6) is 0 Å². The summed E-state index contributed by atoms with van der Waals surface area (Å²) >= 11 is 0. The third-order valence-corrected chi connectivity index (χ3v) is 4.82. The summed E-state index contributed by atoms with van der Waals surface area (Å²) in [6.07, 6.45) is 6.09. The van der Waals surface area contributed by atoms with Gasteiger partial charge in [0, 0.05) is 11.1 Å². The molecule has 1 N–H and O–H groups in total. The fraction of sp³-hybridized carbons (Fsp3) is 0.417. The zero-order valence-electron chi connectivity index (χ0n) is 18.7. The van der Waals surface area contributed by atoms with Crippen molar-refractivity contribution in [3.8, 4) is 0 Å². The molecule has 2 rings (SSSR count). The molecule has 0 spiro atoms. The fourth-order valence-corrected chi connectivity index (χ4v) is 3.74. The van der Waals surface area contributed by atoms with Crippen molar-refractivity contribution in [3.05, 3.63) is 53.1 Å². The highest BCUT2D eigenvalue weighted by atomic mass is 16.3. The van der Waals surface area contributed by atoms with E-state index < -0.39 is 0 Å². The lowest BCUT2D eigenvalue weighted by molar-refractivity contribution is 0.109. The van der Waals surface area contributed by atoms with E-state index >= 15 is 0 Å². The molecule has 30 heavy (non-hydrogen) atoms. The summed E-state index contributed by atoms with van der Waals surface area (Å²) in [6.45, 7) is 16.9. The van der Waals surface area contributed by atoms with Gasteiger partial charge in [-0.1, -0.05) is 47.3 Å². The Kier molecular flexibility index (Phi) is 6.93. The lowest BCUT2D eigenvalue weighted by atomic mass is 9.71. The van der Waals surface area contributed by atoms with Crippen molar-refractivity contribution in [1.29, 1.82) is 0 Å². The average molecular weight is 410 g/mol. The maximum atomic E-state index is 11.2. The Bertz CT molecular complexity index is 989. The summed E-state index contributed by atoms with van der Waals surface area (Å²) in [5, 5.41) is 18.4. The first-order valence-corrected chi connectivity index (χ1v) is 9.91. The van der Waals surface area contributed by atoms with Crippen molar-refractivity contribution >= 4 is 29.3 Å². The highest BCUT2D eigenvalue weighted by Crippen LogP contribution is 2.40. The van der Waals surface area contributed by atoms with Crippen LogP contribution < -0.4 is 0 Å². The number of hydrogen-bond donors (Lipinski definition) is 1. The zero-order valence-corrected chi connectivity index (χ0v) is 18.7. The Balaban J connectivity index is 2.53. The molecule has 0 bridgehead atoms. The lowest BCUT2D eigenvalue weighted by Crippen LogP contribution is -2.23. The molecule has 6 heteroatoms. The SMILES string of the molecule is C=C(/C=C(\C=C(\C)CO)C(C)(C)CC(C)(C)C)n1nc2cc(C=O)c(C=O)cc2n1. The van der Waals surface area contributed by atoms with Crippen LogP contribution in [0, 0.1) is 10.8 Å². The van der Waals surface area contributed by atoms with Gasteiger partial charge in [-0.2, -0.15) is 4.80 Å². The number of benzene rings is 1. The quantitative estimate of drug-likeness (QED) is 0.497. The number of fused-ring (bicyclic) bond motifs is 1. The molecule has 1 aromatic heterocycles. The van der Waals surface area contributed by atoms with Crippen molar-refractivity contribution in [2.24, 2.45) is 10.8 Å². The van der Waals surface area contributed by atoms with E-state index in [-0.39, 0.29) is 28.6 Å². The molecule has 1 aromatic carbocycles. The van der Waals surface area contributed by atoms with Gasteiger partial charge >= 0.3 is 0 Å². The van der Waals surface area contributed by atoms with Crippen LogP contribution in [0.25, 0.3) is 16.7 Å². The summed E-state index contributed by atoms with van der Waals surface area (Å²) < 4.78 is 0. The number of aliphatic hydroxyl groups is 1. The summed E-state index contributed by atoms with van der Waals surface area (Å²) in [5.41, 5.74) is 3.91. The molecular weight excluding hydrogens is 378 g/mol. The van der Waals surface area contributed by atoms with Gasteiger partial charge in [0.15, 0.2) is 12.6 Å². The maximum Gasteiger partial charge on any atom is 0.150 e. The highest BCUT2D eigenvalue weighted by molar-refractivity contribution is 5.96. The molecule has 0 saturated heterocycles. The minimum Gasteiger partial charge on any atom is -0.392 e. The van der Waals surface area contributed by atoms with Crippen molar-refractivity contribution in [2.75, 3.05) is 6.61 Å². The van der Waals surface area contributed by atoms with E-state index in [9.17, 15) is 14.7 Å². The normalized spacial score (nSPS) is 13.6. The van der Waals surface area contributed by atoms with Crippen LogP contribution in [0.1, 0.15) is 68.7 Å². The minimum atomic E-state index is -0.181. The van der Waals surface area contributed by atoms with Crippen molar-refractivity contribution in [3.63, 3.8) is 0 Å². The number of aromatic nitrogens is 3. The molecule has 0 aliphatic rings. The largest absolute Gasteiger partial charge is 0.392 e. The molecule has 0 saturated carbocycles. The number of carbonyl (C=O) groups is 2. The Hall–Kier alpha value is -2.86. The summed E-state index contributed by atoms with van der Waals surface area (Å²) in [7, 11) is 0. The van der Waals surface area contributed by atoms with Crippen molar-refractivity contribution in [2.45, 2.75) is 48.0 Å². The van der Waals surface area contributed by atoms with E-state index in [0.717, 1.165) is 17.6 Å². The number of nitrogens with zero attached hydrogens (tertiary/aromatic N) is 3. The lowest BCUT2D eigenvalue weighted by Gasteiger charge is -2.34. The van der Waals surface area contributed by atoms with E-state index in [1.807, 2.05) is 19.1 Å². The zero-order chi connectivity index (χ0) is 22.7. The van der Waals surface area contributed by atoms with E-state index in [1.54, 1.807) is 12.1 Å². The van der Waals surface area contributed by atoms with Gasteiger partial charge in [-0.15, -0.1) is 10.2 Å². The molecule has 0 fully saturated rings. The molecule has 1 heterocycles. The van der Waals surface area contributed by atoms with Gasteiger partial charge in [0.1, 0.15) is 11.0 Å². The van der Waals surface area contributed by atoms with E-state index in [2.05, 4.69) is 51.4 Å². The molecular formula is C24H31N3O3. The second-order valence-electron chi connectivity index (χ2n) is 9.56. The van der Waals surface area contributed by atoms with Gasteiger partial charge in [-0.3, -0.25) is 9.59 Å². The van der Waals surface area contributed by atoms with Crippen LogP contribution in [-0.2, 0) is 0 Å². The van der Waals surface area contributed by atoms with Gasteiger partial charge in [-0.05, 0) is 53.5 Å². The number of carbonyl (C=O) groups excluding carboxylic acids is 2. The number of hydrogen-bond acceptors (Lipinski definition) is 5. The van der Waals surface area contributed by atoms with Gasteiger partial charge in [0.2, 0.25) is 0 Å². The molecule has 6 nitrogen and oxygen atoms in total. The van der Waals surface area contributed by atoms with Gasteiger partial charge in [0.25, 0.3) is 0 Å². The standard InChI is InChI=1S/C24H31N3O3/c1-16(12-28)8-20(24(6,7)15-23(3,4)5)9-17(2)27-25-21-10-18(13-29)19(14-30)11-22(21)26-27/h8-11,13-14,28H,2,12,15H2,1,3-7H3/b16-8-,20-9+. The molecule has 0 aliphatic carbocycles. The Morgan fingerprint density at radius 1 is 1.03 bits per heavy atom. The number of aliphatic hydroxyl groups excluding tert-OH is 1. The summed E-state index contributed by atoms with van der Waals surface area (Å²) in [4.78, 5) is 23.8. The van der Waals surface area contributed by atoms with Gasteiger partial charge in [-0.25, -0.2) is 0 Å². The van der Waals surface area contributed by atoms with E-state index in [1.165, 1.54) is 4.80 Å². The van der Waals surface area contributed by atoms with E-state index in [4.69, 9.17) is 0 Å². The Morgan fingerprint density at radius 2 is 1.53 bits per heavy atom.